The van der Waals surface area contributed by atoms with E-state index in [0.29, 0.717) is 37.7 Å². The highest BCUT2D eigenvalue weighted by atomic mass is 16.6. The fourth-order valence-corrected chi connectivity index (χ4v) is 3.60. The molecule has 1 aliphatic heterocycles. The normalized spacial score (nSPS) is 13.9. The van der Waals surface area contributed by atoms with Crippen molar-refractivity contribution >= 4 is 29.5 Å². The quantitative estimate of drug-likeness (QED) is 0.471. The molecular weight excluding hydrogens is 450 g/mol. The molecule has 0 saturated carbocycles. The second-order valence-corrected chi connectivity index (χ2v) is 9.06. The summed E-state index contributed by atoms with van der Waals surface area (Å²) in [6.45, 7) is 8.09. The Kier molecular flexibility index (Phi) is 6.76. The van der Waals surface area contributed by atoms with Crippen LogP contribution in [0.2, 0.25) is 0 Å². The van der Waals surface area contributed by atoms with Crippen LogP contribution in [0.3, 0.4) is 0 Å². The van der Waals surface area contributed by atoms with Crippen molar-refractivity contribution in [2.24, 2.45) is 0 Å². The maximum absolute atomic E-state index is 12.3. The number of hydrogen-bond acceptors (Lipinski definition) is 9. The van der Waals surface area contributed by atoms with Crippen LogP contribution in [0.15, 0.2) is 53.1 Å². The maximum Gasteiger partial charge on any atom is 0.410 e. The molecule has 1 aromatic carbocycles. The van der Waals surface area contributed by atoms with Crippen molar-refractivity contribution in [1.82, 2.24) is 20.3 Å². The smallest absolute Gasteiger partial charge is 0.410 e. The number of furan rings is 1. The van der Waals surface area contributed by atoms with E-state index in [4.69, 9.17) is 14.9 Å². The molecule has 11 nitrogen and oxygen atoms in total. The van der Waals surface area contributed by atoms with Gasteiger partial charge in [-0.2, -0.15) is 4.98 Å². The number of hydrazine groups is 1. The molecule has 4 rings (SSSR count). The van der Waals surface area contributed by atoms with E-state index in [1.807, 2.05) is 45.0 Å². The van der Waals surface area contributed by atoms with Crippen molar-refractivity contribution in [3.05, 3.63) is 54.5 Å². The van der Waals surface area contributed by atoms with Gasteiger partial charge in [-0.1, -0.05) is 12.1 Å². The average molecular weight is 480 g/mol. The molecule has 3 heterocycles. The number of nitrogens with one attached hydrogen (secondary N) is 2. The zero-order valence-electron chi connectivity index (χ0n) is 19.9. The number of rotatable bonds is 5. The number of aromatic nitrogens is 2. The van der Waals surface area contributed by atoms with Gasteiger partial charge < -0.3 is 24.7 Å². The lowest BCUT2D eigenvalue weighted by Crippen LogP contribution is -2.50. The van der Waals surface area contributed by atoms with E-state index in [9.17, 15) is 9.59 Å². The lowest BCUT2D eigenvalue weighted by molar-refractivity contribution is 0.0240. The molecule has 0 unspecified atom stereocenters. The number of ether oxygens (including phenoxy) is 1. The molecule has 0 aliphatic carbocycles. The molecule has 1 saturated heterocycles. The van der Waals surface area contributed by atoms with Gasteiger partial charge in [0.1, 0.15) is 5.60 Å². The van der Waals surface area contributed by atoms with Gasteiger partial charge in [0.15, 0.2) is 11.6 Å². The van der Waals surface area contributed by atoms with E-state index in [0.717, 1.165) is 11.3 Å². The van der Waals surface area contributed by atoms with Gasteiger partial charge in [-0.25, -0.2) is 9.78 Å². The molecule has 0 radical (unpaired) electrons. The molecule has 0 spiro atoms. The monoisotopic (exact) mass is 479 g/mol. The summed E-state index contributed by atoms with van der Waals surface area (Å²) in [7, 11) is 0. The minimum Gasteiger partial charge on any atom is -0.459 e. The molecule has 11 heteroatoms. The molecular formula is C24H29N7O4. The zero-order chi connectivity index (χ0) is 25.0. The van der Waals surface area contributed by atoms with Crippen molar-refractivity contribution in [3.63, 3.8) is 0 Å². The van der Waals surface area contributed by atoms with E-state index < -0.39 is 11.5 Å². The molecule has 0 bridgehead atoms. The molecule has 2 amide bonds. The van der Waals surface area contributed by atoms with Crippen LogP contribution in [-0.2, 0) is 4.74 Å². The maximum atomic E-state index is 12.3. The Labute approximate surface area is 203 Å². The third-order valence-electron chi connectivity index (χ3n) is 5.23. The number of benzene rings is 1. The highest BCUT2D eigenvalue weighted by molar-refractivity contribution is 5.92. The van der Waals surface area contributed by atoms with Gasteiger partial charge in [0, 0.05) is 43.5 Å². The molecule has 2 aromatic heterocycles. The Morgan fingerprint density at radius 2 is 1.83 bits per heavy atom. The van der Waals surface area contributed by atoms with E-state index in [1.54, 1.807) is 23.1 Å². The van der Waals surface area contributed by atoms with Gasteiger partial charge in [0.25, 0.3) is 0 Å². The molecule has 1 fully saturated rings. The SMILES string of the molecule is CC(C)(C)OC(=O)N1CCN(c2cccc(-c3cc(NNC(=O)c4ccco4)nc(N)n3)c2)CC1. The first-order chi connectivity index (χ1) is 16.7. The molecule has 3 aromatic rings. The Hall–Kier alpha value is -4.28. The summed E-state index contributed by atoms with van der Waals surface area (Å²) in [5, 5.41) is 0. The van der Waals surface area contributed by atoms with Crippen molar-refractivity contribution in [1.29, 1.82) is 0 Å². The van der Waals surface area contributed by atoms with Gasteiger partial charge in [0.05, 0.1) is 12.0 Å². The first-order valence-corrected chi connectivity index (χ1v) is 11.3. The number of hydrogen-bond donors (Lipinski definition) is 3. The summed E-state index contributed by atoms with van der Waals surface area (Å²) in [6, 6.07) is 12.8. The van der Waals surface area contributed by atoms with Crippen molar-refractivity contribution < 1.29 is 18.7 Å². The minimum absolute atomic E-state index is 0.0635. The largest absolute Gasteiger partial charge is 0.459 e. The number of anilines is 3. The van der Waals surface area contributed by atoms with Crippen LogP contribution in [0, 0.1) is 0 Å². The lowest BCUT2D eigenvalue weighted by Gasteiger charge is -2.36. The minimum atomic E-state index is -0.517. The van der Waals surface area contributed by atoms with Crippen LogP contribution < -0.4 is 21.5 Å². The van der Waals surface area contributed by atoms with Crippen LogP contribution in [-0.4, -0.2) is 58.6 Å². The number of nitrogen functional groups attached to an aromatic ring is 1. The molecule has 35 heavy (non-hydrogen) atoms. The van der Waals surface area contributed by atoms with Crippen LogP contribution in [0.5, 0.6) is 0 Å². The standard InChI is InChI=1S/C24H29N7O4/c1-24(2,3)35-23(33)31-11-9-30(10-12-31)17-7-4-6-16(14-17)18-15-20(27-22(25)26-18)28-29-21(32)19-8-5-13-34-19/h4-8,13-15H,9-12H2,1-3H3,(H,29,32)(H3,25,26,27,28). The summed E-state index contributed by atoms with van der Waals surface area (Å²) >= 11 is 0. The van der Waals surface area contributed by atoms with E-state index >= 15 is 0 Å². The predicted octanol–water partition coefficient (Wildman–Crippen LogP) is 3.13. The third kappa shape index (κ3) is 6.19. The first-order valence-electron chi connectivity index (χ1n) is 11.3. The molecule has 1 aliphatic rings. The van der Waals surface area contributed by atoms with Gasteiger partial charge >= 0.3 is 12.0 Å². The van der Waals surface area contributed by atoms with Crippen LogP contribution in [0.25, 0.3) is 11.3 Å². The summed E-state index contributed by atoms with van der Waals surface area (Å²) in [6.07, 6.45) is 1.13. The molecule has 184 valence electrons. The number of amides is 2. The number of nitrogens with two attached hydrogens (primary N) is 1. The fraction of sp³-hybridized carbons (Fsp3) is 0.333. The molecule has 0 atom stereocenters. The average Bonchev–Trinajstić information content (AvgIpc) is 3.37. The van der Waals surface area contributed by atoms with Gasteiger partial charge in [-0.05, 0) is 45.0 Å². The fourth-order valence-electron chi connectivity index (χ4n) is 3.60. The third-order valence-corrected chi connectivity index (χ3v) is 5.23. The Balaban J connectivity index is 1.42. The highest BCUT2D eigenvalue weighted by Crippen LogP contribution is 2.26. The topological polar surface area (TPSA) is 139 Å². The number of carbonyl (C=O) groups is 2. The van der Waals surface area contributed by atoms with Gasteiger partial charge in [-0.3, -0.25) is 15.6 Å². The second-order valence-electron chi connectivity index (χ2n) is 9.06. The Morgan fingerprint density at radius 1 is 1.06 bits per heavy atom. The summed E-state index contributed by atoms with van der Waals surface area (Å²) in [5.74, 6) is 0.123. The molecule has 4 N–H and O–H groups in total. The van der Waals surface area contributed by atoms with Crippen molar-refractivity contribution in [3.8, 4) is 11.3 Å². The van der Waals surface area contributed by atoms with E-state index in [2.05, 4.69) is 25.7 Å². The number of piperazine rings is 1. The predicted molar refractivity (Wildman–Crippen MR) is 132 cm³/mol. The van der Waals surface area contributed by atoms with Gasteiger partial charge in [-0.15, -0.1) is 0 Å². The summed E-state index contributed by atoms with van der Waals surface area (Å²) in [4.78, 5) is 36.8. The summed E-state index contributed by atoms with van der Waals surface area (Å²) in [5.41, 5.74) is 13.1. The lowest BCUT2D eigenvalue weighted by atomic mass is 10.1. The summed E-state index contributed by atoms with van der Waals surface area (Å²) < 4.78 is 10.5. The van der Waals surface area contributed by atoms with E-state index in [1.165, 1.54) is 6.26 Å². The Bertz CT molecular complexity index is 1180. The highest BCUT2D eigenvalue weighted by Gasteiger charge is 2.26. The Morgan fingerprint density at radius 3 is 2.51 bits per heavy atom. The number of nitrogens with zero attached hydrogens (tertiary/aromatic N) is 4. The van der Waals surface area contributed by atoms with Crippen molar-refractivity contribution in [2.45, 2.75) is 26.4 Å². The van der Waals surface area contributed by atoms with Crippen molar-refractivity contribution in [2.75, 3.05) is 42.2 Å². The van der Waals surface area contributed by atoms with E-state index in [-0.39, 0.29) is 17.8 Å². The van der Waals surface area contributed by atoms with Gasteiger partial charge in [0.2, 0.25) is 5.95 Å². The van der Waals surface area contributed by atoms with Crippen LogP contribution >= 0.6 is 0 Å². The van der Waals surface area contributed by atoms with Crippen LogP contribution in [0.4, 0.5) is 22.2 Å². The second kappa shape index (κ2) is 9.92. The first kappa shape index (κ1) is 23.9. The van der Waals surface area contributed by atoms with Crippen LogP contribution in [0.1, 0.15) is 31.3 Å². The zero-order valence-corrected chi connectivity index (χ0v) is 19.9. The number of carbonyl (C=O) groups excluding carboxylic acids is 2.